The molecule has 0 amide bonds. The van der Waals surface area contributed by atoms with Gasteiger partial charge in [0.1, 0.15) is 5.54 Å². The monoisotopic (exact) mass is 201 g/mol. The van der Waals surface area contributed by atoms with Gasteiger partial charge in [-0.15, -0.1) is 0 Å². The van der Waals surface area contributed by atoms with Crippen LogP contribution in [-0.2, 0) is 9.53 Å². The van der Waals surface area contributed by atoms with Crippen LogP contribution >= 0.6 is 0 Å². The third-order valence-electron chi connectivity index (χ3n) is 2.70. The summed E-state index contributed by atoms with van der Waals surface area (Å²) in [5.41, 5.74) is -0.940. The third kappa shape index (κ3) is 2.69. The van der Waals surface area contributed by atoms with Crippen molar-refractivity contribution >= 4 is 5.97 Å². The second-order valence-corrected chi connectivity index (χ2v) is 4.03. The number of likely N-dealkylation sites (N-methyl/N-ethyl adjacent to an activating group) is 1. The van der Waals surface area contributed by atoms with E-state index in [0.717, 1.165) is 12.8 Å². The fourth-order valence-corrected chi connectivity index (χ4v) is 1.40. The summed E-state index contributed by atoms with van der Waals surface area (Å²) >= 11 is 0. The highest BCUT2D eigenvalue weighted by Crippen LogP contribution is 2.23. The van der Waals surface area contributed by atoms with Crippen LogP contribution in [0, 0.1) is 0 Å². The van der Waals surface area contributed by atoms with Crippen LogP contribution in [0.4, 0.5) is 0 Å². The summed E-state index contributed by atoms with van der Waals surface area (Å²) in [7, 11) is 0. The van der Waals surface area contributed by atoms with E-state index in [-0.39, 0.29) is 12.7 Å². The molecule has 1 fully saturated rings. The van der Waals surface area contributed by atoms with Crippen LogP contribution in [-0.4, -0.2) is 35.9 Å². The van der Waals surface area contributed by atoms with Gasteiger partial charge in [0, 0.05) is 0 Å². The molecule has 1 saturated carbocycles. The molecule has 82 valence electrons. The summed E-state index contributed by atoms with van der Waals surface area (Å²) < 4.78 is 5.51. The first-order valence-corrected chi connectivity index (χ1v) is 5.18. The maximum absolute atomic E-state index is 11.0. The third-order valence-corrected chi connectivity index (χ3v) is 2.70. The first-order chi connectivity index (χ1) is 6.58. The molecular formula is C10H19NO3. The Balaban J connectivity index is 2.37. The van der Waals surface area contributed by atoms with Gasteiger partial charge in [0.15, 0.2) is 0 Å². The van der Waals surface area contributed by atoms with Gasteiger partial charge in [0.05, 0.1) is 12.7 Å². The maximum Gasteiger partial charge on any atom is 0.326 e. The van der Waals surface area contributed by atoms with Crippen molar-refractivity contribution in [3.63, 3.8) is 0 Å². The minimum atomic E-state index is -0.940. The molecule has 1 rings (SSSR count). The predicted molar refractivity (Wildman–Crippen MR) is 53.3 cm³/mol. The fraction of sp³-hybridized carbons (Fsp3) is 0.900. The largest absolute Gasteiger partial charge is 0.480 e. The number of carboxylic acids is 1. The van der Waals surface area contributed by atoms with Gasteiger partial charge in [-0.05, 0) is 32.7 Å². The Morgan fingerprint density at radius 3 is 2.64 bits per heavy atom. The lowest BCUT2D eigenvalue weighted by Gasteiger charge is -2.31. The second-order valence-electron chi connectivity index (χ2n) is 4.03. The number of carbonyl (C=O) groups is 1. The number of aliphatic carboxylic acids is 1. The Morgan fingerprint density at radius 2 is 2.29 bits per heavy atom. The van der Waals surface area contributed by atoms with E-state index in [1.165, 1.54) is 6.42 Å². The summed E-state index contributed by atoms with van der Waals surface area (Å²) in [4.78, 5) is 11.0. The topological polar surface area (TPSA) is 58.6 Å². The molecule has 1 atom stereocenters. The minimum Gasteiger partial charge on any atom is -0.480 e. The van der Waals surface area contributed by atoms with Gasteiger partial charge in [-0.3, -0.25) is 4.79 Å². The van der Waals surface area contributed by atoms with Gasteiger partial charge in [-0.2, -0.15) is 0 Å². The van der Waals surface area contributed by atoms with Crippen LogP contribution in [0.3, 0.4) is 0 Å². The zero-order valence-electron chi connectivity index (χ0n) is 8.88. The highest BCUT2D eigenvalue weighted by Gasteiger charge is 2.34. The van der Waals surface area contributed by atoms with Gasteiger partial charge in [-0.25, -0.2) is 0 Å². The standard InChI is InChI=1S/C10H19NO3/c1-3-11-10(2,9(12)13)7-14-8-5-4-6-8/h8,11H,3-7H2,1-2H3,(H,12,13). The second kappa shape index (κ2) is 4.75. The summed E-state index contributed by atoms with van der Waals surface area (Å²) in [6, 6.07) is 0. The summed E-state index contributed by atoms with van der Waals surface area (Å²) in [6.45, 7) is 4.44. The van der Waals surface area contributed by atoms with Crippen molar-refractivity contribution in [3.05, 3.63) is 0 Å². The Bertz CT molecular complexity index is 204. The van der Waals surface area contributed by atoms with Crippen LogP contribution in [0.1, 0.15) is 33.1 Å². The van der Waals surface area contributed by atoms with Crippen molar-refractivity contribution in [2.75, 3.05) is 13.2 Å². The number of hydrogen-bond donors (Lipinski definition) is 2. The highest BCUT2D eigenvalue weighted by molar-refractivity contribution is 5.78. The summed E-state index contributed by atoms with van der Waals surface area (Å²) in [5.74, 6) is -0.848. The maximum atomic E-state index is 11.0. The molecule has 0 bridgehead atoms. The molecule has 0 aliphatic heterocycles. The Labute approximate surface area is 84.6 Å². The van der Waals surface area contributed by atoms with E-state index in [1.807, 2.05) is 6.92 Å². The lowest BCUT2D eigenvalue weighted by Crippen LogP contribution is -2.53. The molecule has 0 radical (unpaired) electrons. The summed E-state index contributed by atoms with van der Waals surface area (Å²) in [5, 5.41) is 12.0. The lowest BCUT2D eigenvalue weighted by molar-refractivity contribution is -0.148. The van der Waals surface area contributed by atoms with Crippen molar-refractivity contribution in [2.24, 2.45) is 0 Å². The van der Waals surface area contributed by atoms with E-state index in [9.17, 15) is 4.79 Å². The van der Waals surface area contributed by atoms with Crippen molar-refractivity contribution in [2.45, 2.75) is 44.8 Å². The molecule has 0 heterocycles. The molecule has 0 aromatic heterocycles. The zero-order chi connectivity index (χ0) is 10.6. The Kier molecular flexibility index (Phi) is 3.89. The van der Waals surface area contributed by atoms with E-state index in [4.69, 9.17) is 9.84 Å². The van der Waals surface area contributed by atoms with E-state index in [1.54, 1.807) is 6.92 Å². The number of rotatable bonds is 6. The summed E-state index contributed by atoms with van der Waals surface area (Å²) in [6.07, 6.45) is 3.63. The number of hydrogen-bond acceptors (Lipinski definition) is 3. The molecule has 1 unspecified atom stereocenters. The number of carboxylic acid groups (broad SMARTS) is 1. The van der Waals surface area contributed by atoms with E-state index >= 15 is 0 Å². The Morgan fingerprint density at radius 1 is 1.64 bits per heavy atom. The molecule has 4 heteroatoms. The highest BCUT2D eigenvalue weighted by atomic mass is 16.5. The van der Waals surface area contributed by atoms with Crippen molar-refractivity contribution in [1.29, 1.82) is 0 Å². The van der Waals surface area contributed by atoms with Crippen LogP contribution in [0.25, 0.3) is 0 Å². The molecule has 14 heavy (non-hydrogen) atoms. The van der Waals surface area contributed by atoms with Gasteiger partial charge in [0.25, 0.3) is 0 Å². The number of ether oxygens (including phenoxy) is 1. The van der Waals surface area contributed by atoms with Gasteiger partial charge >= 0.3 is 5.97 Å². The minimum absolute atomic E-state index is 0.251. The smallest absolute Gasteiger partial charge is 0.326 e. The SMILES string of the molecule is CCNC(C)(COC1CCC1)C(=O)O. The van der Waals surface area contributed by atoms with E-state index in [2.05, 4.69) is 5.32 Å². The average molecular weight is 201 g/mol. The molecule has 1 aliphatic carbocycles. The first kappa shape index (κ1) is 11.5. The molecule has 0 spiro atoms. The van der Waals surface area contributed by atoms with Crippen molar-refractivity contribution in [3.8, 4) is 0 Å². The molecule has 0 aromatic rings. The molecule has 0 aromatic carbocycles. The molecule has 2 N–H and O–H groups in total. The van der Waals surface area contributed by atoms with E-state index < -0.39 is 11.5 Å². The zero-order valence-corrected chi connectivity index (χ0v) is 8.88. The van der Waals surface area contributed by atoms with Gasteiger partial charge in [0.2, 0.25) is 0 Å². The quantitative estimate of drug-likeness (QED) is 0.673. The van der Waals surface area contributed by atoms with E-state index in [0.29, 0.717) is 6.54 Å². The number of nitrogens with one attached hydrogen (secondary N) is 1. The average Bonchev–Trinajstić information content (AvgIpc) is 2.01. The Hall–Kier alpha value is -0.610. The van der Waals surface area contributed by atoms with Gasteiger partial charge < -0.3 is 15.2 Å². The van der Waals surface area contributed by atoms with Crippen molar-refractivity contribution < 1.29 is 14.6 Å². The molecule has 0 saturated heterocycles. The van der Waals surface area contributed by atoms with Crippen LogP contribution in [0.15, 0.2) is 0 Å². The molecule has 1 aliphatic rings. The van der Waals surface area contributed by atoms with Gasteiger partial charge in [-0.1, -0.05) is 6.92 Å². The lowest BCUT2D eigenvalue weighted by atomic mass is 9.95. The molecular weight excluding hydrogens is 182 g/mol. The normalized spacial score (nSPS) is 21.3. The molecule has 4 nitrogen and oxygen atoms in total. The first-order valence-electron chi connectivity index (χ1n) is 5.18. The van der Waals surface area contributed by atoms with Crippen LogP contribution in [0.5, 0.6) is 0 Å². The van der Waals surface area contributed by atoms with Crippen molar-refractivity contribution in [1.82, 2.24) is 5.32 Å². The fourth-order valence-electron chi connectivity index (χ4n) is 1.40. The van der Waals surface area contributed by atoms with Crippen LogP contribution < -0.4 is 5.32 Å². The van der Waals surface area contributed by atoms with Crippen LogP contribution in [0.2, 0.25) is 0 Å². The predicted octanol–water partition coefficient (Wildman–Crippen LogP) is 1.01.